The van der Waals surface area contributed by atoms with Crippen molar-refractivity contribution in [2.75, 3.05) is 29.1 Å². The molecule has 0 radical (unpaired) electrons. The molecule has 31 heavy (non-hydrogen) atoms. The predicted molar refractivity (Wildman–Crippen MR) is 123 cm³/mol. The van der Waals surface area contributed by atoms with Crippen LogP contribution in [0.15, 0.2) is 53.7 Å². The Morgan fingerprint density at radius 2 is 1.97 bits per heavy atom. The highest BCUT2D eigenvalue weighted by Crippen LogP contribution is 2.30. The molecule has 1 fully saturated rings. The molecule has 2 aromatic carbocycles. The van der Waals surface area contributed by atoms with Crippen molar-refractivity contribution in [3.8, 4) is 11.8 Å². The number of nitriles is 1. The van der Waals surface area contributed by atoms with E-state index in [1.807, 2.05) is 28.8 Å². The lowest BCUT2D eigenvalue weighted by molar-refractivity contribution is -0.115. The third-order valence-electron chi connectivity index (χ3n) is 4.95. The zero-order valence-electron chi connectivity index (χ0n) is 16.8. The number of benzene rings is 2. The SMILES string of the molecule is N#Cc1ccccc1NC(=O)CCSc1nnc(N2CCCC2)n1-c1cccc(Cl)c1. The highest BCUT2D eigenvalue weighted by Gasteiger charge is 2.22. The van der Waals surface area contributed by atoms with Crippen molar-refractivity contribution in [1.82, 2.24) is 14.8 Å². The summed E-state index contributed by atoms with van der Waals surface area (Å²) in [7, 11) is 0. The molecule has 7 nitrogen and oxygen atoms in total. The number of hydrogen-bond acceptors (Lipinski definition) is 6. The Hall–Kier alpha value is -3.02. The van der Waals surface area contributed by atoms with Gasteiger partial charge < -0.3 is 10.2 Å². The van der Waals surface area contributed by atoms with Gasteiger partial charge in [0.05, 0.1) is 16.9 Å². The zero-order valence-corrected chi connectivity index (χ0v) is 18.4. The number of hydrogen-bond donors (Lipinski definition) is 1. The smallest absolute Gasteiger partial charge is 0.232 e. The maximum Gasteiger partial charge on any atom is 0.232 e. The van der Waals surface area contributed by atoms with Gasteiger partial charge in [-0.1, -0.05) is 41.6 Å². The first-order valence-electron chi connectivity index (χ1n) is 10.0. The number of carbonyl (C=O) groups excluding carboxylic acids is 1. The summed E-state index contributed by atoms with van der Waals surface area (Å²) >= 11 is 7.69. The summed E-state index contributed by atoms with van der Waals surface area (Å²) in [6, 6.07) is 16.6. The summed E-state index contributed by atoms with van der Waals surface area (Å²) in [5.41, 5.74) is 1.87. The number of thioether (sulfide) groups is 1. The van der Waals surface area contributed by atoms with E-state index < -0.39 is 0 Å². The average molecular weight is 453 g/mol. The summed E-state index contributed by atoms with van der Waals surface area (Å²) in [5, 5.41) is 22.2. The molecule has 0 aliphatic carbocycles. The molecule has 1 aromatic heterocycles. The molecule has 158 valence electrons. The molecular formula is C22H21ClN6OS. The molecule has 1 saturated heterocycles. The molecule has 0 atom stereocenters. The average Bonchev–Trinajstić information content (AvgIpc) is 3.44. The standard InChI is InChI=1S/C22H21ClN6OS/c23-17-7-5-8-18(14-17)29-21(28-11-3-4-12-28)26-27-22(29)31-13-10-20(30)25-19-9-2-1-6-16(19)15-24/h1-2,5-9,14H,3-4,10-13H2,(H,25,30). The van der Waals surface area contributed by atoms with E-state index in [2.05, 4.69) is 26.5 Å². The number of amides is 1. The fraction of sp³-hybridized carbons (Fsp3) is 0.273. The molecule has 0 saturated carbocycles. The number of rotatable bonds is 7. The quantitative estimate of drug-likeness (QED) is 0.530. The second-order valence-electron chi connectivity index (χ2n) is 7.10. The van der Waals surface area contributed by atoms with E-state index in [4.69, 9.17) is 16.9 Å². The van der Waals surface area contributed by atoms with Gasteiger partial charge in [0.25, 0.3) is 0 Å². The van der Waals surface area contributed by atoms with E-state index in [9.17, 15) is 4.79 Å². The van der Waals surface area contributed by atoms with E-state index in [0.717, 1.165) is 42.7 Å². The maximum atomic E-state index is 12.4. The minimum atomic E-state index is -0.149. The van der Waals surface area contributed by atoms with Crippen LogP contribution in [0.4, 0.5) is 11.6 Å². The van der Waals surface area contributed by atoms with Crippen molar-refractivity contribution in [3.63, 3.8) is 0 Å². The molecule has 0 unspecified atom stereocenters. The van der Waals surface area contributed by atoms with Gasteiger partial charge in [0.1, 0.15) is 6.07 Å². The lowest BCUT2D eigenvalue weighted by Crippen LogP contribution is -2.22. The number of halogens is 1. The van der Waals surface area contributed by atoms with Gasteiger partial charge in [-0.25, -0.2) is 0 Å². The fourth-order valence-electron chi connectivity index (χ4n) is 3.46. The van der Waals surface area contributed by atoms with Crippen LogP contribution < -0.4 is 10.2 Å². The van der Waals surface area contributed by atoms with Gasteiger partial charge in [-0.15, -0.1) is 10.2 Å². The number of aromatic nitrogens is 3. The van der Waals surface area contributed by atoms with Crippen LogP contribution in [0.2, 0.25) is 5.02 Å². The first-order valence-corrected chi connectivity index (χ1v) is 11.4. The van der Waals surface area contributed by atoms with Crippen LogP contribution in [0.1, 0.15) is 24.8 Å². The second kappa shape index (κ2) is 9.86. The van der Waals surface area contributed by atoms with Crippen molar-refractivity contribution in [2.24, 2.45) is 0 Å². The minimum Gasteiger partial charge on any atom is -0.341 e. The monoisotopic (exact) mass is 452 g/mol. The molecule has 1 aliphatic rings. The molecule has 0 bridgehead atoms. The molecule has 2 heterocycles. The minimum absolute atomic E-state index is 0.149. The summed E-state index contributed by atoms with van der Waals surface area (Å²) in [5.74, 6) is 1.18. The van der Waals surface area contributed by atoms with E-state index in [-0.39, 0.29) is 12.3 Å². The Kier molecular flexibility index (Phi) is 6.75. The first-order chi connectivity index (χ1) is 15.2. The molecule has 4 rings (SSSR count). The third kappa shape index (κ3) is 5.01. The summed E-state index contributed by atoms with van der Waals surface area (Å²) in [6.07, 6.45) is 2.55. The molecule has 1 N–H and O–H groups in total. The predicted octanol–water partition coefficient (Wildman–Crippen LogP) is 4.51. The van der Waals surface area contributed by atoms with Crippen LogP contribution in [0.25, 0.3) is 5.69 Å². The van der Waals surface area contributed by atoms with Crippen LogP contribution >= 0.6 is 23.4 Å². The second-order valence-corrected chi connectivity index (χ2v) is 8.59. The summed E-state index contributed by atoms with van der Waals surface area (Å²) in [4.78, 5) is 14.6. The van der Waals surface area contributed by atoms with Gasteiger partial charge in [0.2, 0.25) is 11.9 Å². The Labute approximate surface area is 190 Å². The summed E-state index contributed by atoms with van der Waals surface area (Å²) < 4.78 is 2.00. The van der Waals surface area contributed by atoms with E-state index in [1.54, 1.807) is 24.3 Å². The highest BCUT2D eigenvalue weighted by atomic mass is 35.5. The Morgan fingerprint density at radius 1 is 1.16 bits per heavy atom. The van der Waals surface area contributed by atoms with Crippen molar-refractivity contribution in [1.29, 1.82) is 5.26 Å². The van der Waals surface area contributed by atoms with Crippen LogP contribution in [0.5, 0.6) is 0 Å². The zero-order chi connectivity index (χ0) is 21.6. The molecule has 1 aliphatic heterocycles. The fourth-order valence-corrected chi connectivity index (χ4v) is 4.53. The number of para-hydroxylation sites is 1. The number of carbonyl (C=O) groups is 1. The van der Waals surface area contributed by atoms with Gasteiger partial charge in [0.15, 0.2) is 5.16 Å². The number of anilines is 2. The molecule has 3 aromatic rings. The topological polar surface area (TPSA) is 86.8 Å². The molecular weight excluding hydrogens is 432 g/mol. The van der Waals surface area contributed by atoms with Gasteiger partial charge >= 0.3 is 0 Å². The van der Waals surface area contributed by atoms with Crippen molar-refractivity contribution < 1.29 is 4.79 Å². The van der Waals surface area contributed by atoms with Crippen LogP contribution in [0.3, 0.4) is 0 Å². The first kappa shape index (κ1) is 21.2. The molecule has 1 amide bonds. The van der Waals surface area contributed by atoms with Crippen molar-refractivity contribution in [3.05, 3.63) is 59.1 Å². The lowest BCUT2D eigenvalue weighted by Gasteiger charge is -2.18. The van der Waals surface area contributed by atoms with E-state index in [1.165, 1.54) is 11.8 Å². The maximum absolute atomic E-state index is 12.4. The van der Waals surface area contributed by atoms with Crippen LogP contribution in [-0.4, -0.2) is 39.5 Å². The Balaban J connectivity index is 1.47. The van der Waals surface area contributed by atoms with Crippen LogP contribution in [-0.2, 0) is 4.79 Å². The van der Waals surface area contributed by atoms with Gasteiger partial charge in [0, 0.05) is 30.3 Å². The van der Waals surface area contributed by atoms with Gasteiger partial charge in [-0.05, 0) is 43.2 Å². The largest absolute Gasteiger partial charge is 0.341 e. The molecule has 0 spiro atoms. The number of nitrogens with one attached hydrogen (secondary N) is 1. The van der Waals surface area contributed by atoms with Crippen molar-refractivity contribution in [2.45, 2.75) is 24.4 Å². The van der Waals surface area contributed by atoms with Gasteiger partial charge in [-0.2, -0.15) is 5.26 Å². The Bertz CT molecular complexity index is 1120. The summed E-state index contributed by atoms with van der Waals surface area (Å²) in [6.45, 7) is 1.90. The van der Waals surface area contributed by atoms with E-state index in [0.29, 0.717) is 22.0 Å². The van der Waals surface area contributed by atoms with Crippen LogP contribution in [0, 0.1) is 11.3 Å². The Morgan fingerprint density at radius 3 is 2.74 bits per heavy atom. The lowest BCUT2D eigenvalue weighted by atomic mass is 10.2. The van der Waals surface area contributed by atoms with Crippen molar-refractivity contribution >= 4 is 40.9 Å². The van der Waals surface area contributed by atoms with E-state index >= 15 is 0 Å². The number of nitrogens with zero attached hydrogens (tertiary/aromatic N) is 5. The highest BCUT2D eigenvalue weighted by molar-refractivity contribution is 7.99. The third-order valence-corrected chi connectivity index (χ3v) is 6.12. The molecule has 9 heteroatoms. The normalized spacial score (nSPS) is 13.2. The van der Waals surface area contributed by atoms with Gasteiger partial charge in [-0.3, -0.25) is 9.36 Å².